The van der Waals surface area contributed by atoms with Crippen LogP contribution in [0.25, 0.3) is 0 Å². The minimum atomic E-state index is -0.567. The van der Waals surface area contributed by atoms with Crippen molar-refractivity contribution in [1.82, 2.24) is 0 Å². The Kier molecular flexibility index (Phi) is 4.20. The minimum absolute atomic E-state index is 0.336. The van der Waals surface area contributed by atoms with Crippen molar-refractivity contribution < 1.29 is 10.2 Å². The van der Waals surface area contributed by atoms with Gasteiger partial charge in [-0.05, 0) is 31.6 Å². The van der Waals surface area contributed by atoms with Gasteiger partial charge in [-0.15, -0.1) is 0 Å². The van der Waals surface area contributed by atoms with E-state index in [1.54, 1.807) is 6.92 Å². The normalized spacial score (nSPS) is 34.2. The molecule has 0 saturated heterocycles. The molecule has 1 saturated carbocycles. The highest BCUT2D eigenvalue weighted by molar-refractivity contribution is 4.79. The molecule has 2 nitrogen and oxygen atoms in total. The zero-order valence-electron chi connectivity index (χ0n) is 8.74. The van der Waals surface area contributed by atoms with E-state index in [9.17, 15) is 10.2 Å². The zero-order valence-corrected chi connectivity index (χ0v) is 8.74. The average molecular weight is 186 g/mol. The summed E-state index contributed by atoms with van der Waals surface area (Å²) in [5.74, 6) is 1.19. The quantitative estimate of drug-likeness (QED) is 0.707. The standard InChI is InChI=1S/C11H22O2/c1-3-9-4-6-10(7-5-9)11(13)8(2)12/h8-13H,3-7H2,1-2H3. The summed E-state index contributed by atoms with van der Waals surface area (Å²) < 4.78 is 0. The fourth-order valence-corrected chi connectivity index (χ4v) is 2.33. The summed E-state index contributed by atoms with van der Waals surface area (Å²) >= 11 is 0. The lowest BCUT2D eigenvalue weighted by Gasteiger charge is -2.32. The van der Waals surface area contributed by atoms with Gasteiger partial charge in [0.2, 0.25) is 0 Å². The highest BCUT2D eigenvalue weighted by Crippen LogP contribution is 2.33. The van der Waals surface area contributed by atoms with Crippen molar-refractivity contribution in [2.24, 2.45) is 11.8 Å². The molecule has 0 aromatic carbocycles. The molecule has 0 amide bonds. The van der Waals surface area contributed by atoms with Gasteiger partial charge in [0.15, 0.2) is 0 Å². The number of aliphatic hydroxyl groups excluding tert-OH is 2. The molecule has 0 radical (unpaired) electrons. The molecule has 0 aromatic heterocycles. The van der Waals surface area contributed by atoms with Crippen LogP contribution < -0.4 is 0 Å². The summed E-state index contributed by atoms with van der Waals surface area (Å²) in [5.41, 5.74) is 0. The Morgan fingerprint density at radius 1 is 1.15 bits per heavy atom. The number of aliphatic hydroxyl groups is 2. The van der Waals surface area contributed by atoms with Gasteiger partial charge in [-0.1, -0.05) is 26.2 Å². The summed E-state index contributed by atoms with van der Waals surface area (Å²) in [6, 6.07) is 0. The summed E-state index contributed by atoms with van der Waals surface area (Å²) in [5, 5.41) is 18.9. The lowest BCUT2D eigenvalue weighted by atomic mass is 9.77. The van der Waals surface area contributed by atoms with Crippen molar-refractivity contribution in [1.29, 1.82) is 0 Å². The number of hydrogen-bond acceptors (Lipinski definition) is 2. The van der Waals surface area contributed by atoms with Crippen molar-refractivity contribution in [3.8, 4) is 0 Å². The SMILES string of the molecule is CCC1CCC(C(O)C(C)O)CC1. The molecule has 0 aliphatic heterocycles. The van der Waals surface area contributed by atoms with Crippen LogP contribution in [0.3, 0.4) is 0 Å². The molecule has 0 bridgehead atoms. The van der Waals surface area contributed by atoms with E-state index in [4.69, 9.17) is 0 Å². The predicted molar refractivity (Wildman–Crippen MR) is 53.4 cm³/mol. The summed E-state index contributed by atoms with van der Waals surface area (Å²) in [4.78, 5) is 0. The van der Waals surface area contributed by atoms with Gasteiger partial charge in [0.25, 0.3) is 0 Å². The third-order valence-corrected chi connectivity index (χ3v) is 3.45. The first-order valence-corrected chi connectivity index (χ1v) is 5.51. The smallest absolute Gasteiger partial charge is 0.0824 e. The number of hydrogen-bond donors (Lipinski definition) is 2. The largest absolute Gasteiger partial charge is 0.391 e. The van der Waals surface area contributed by atoms with Gasteiger partial charge in [0.05, 0.1) is 12.2 Å². The molecule has 78 valence electrons. The first-order chi connectivity index (χ1) is 6.15. The Balaban J connectivity index is 2.32. The lowest BCUT2D eigenvalue weighted by molar-refractivity contribution is -0.0219. The van der Waals surface area contributed by atoms with E-state index in [0.717, 1.165) is 18.8 Å². The lowest BCUT2D eigenvalue weighted by Crippen LogP contribution is -2.33. The van der Waals surface area contributed by atoms with Gasteiger partial charge < -0.3 is 10.2 Å². The molecular weight excluding hydrogens is 164 g/mol. The summed E-state index contributed by atoms with van der Waals surface area (Å²) in [6.45, 7) is 3.91. The van der Waals surface area contributed by atoms with Crippen molar-refractivity contribution in [2.75, 3.05) is 0 Å². The molecule has 0 heterocycles. The van der Waals surface area contributed by atoms with Gasteiger partial charge in [-0.3, -0.25) is 0 Å². The van der Waals surface area contributed by atoms with E-state index >= 15 is 0 Å². The molecule has 13 heavy (non-hydrogen) atoms. The van der Waals surface area contributed by atoms with Crippen LogP contribution in [0.2, 0.25) is 0 Å². The van der Waals surface area contributed by atoms with Crippen LogP contribution in [-0.2, 0) is 0 Å². The molecular formula is C11H22O2. The third-order valence-electron chi connectivity index (χ3n) is 3.45. The fourth-order valence-electron chi connectivity index (χ4n) is 2.33. The topological polar surface area (TPSA) is 40.5 Å². The molecule has 1 aliphatic carbocycles. The Morgan fingerprint density at radius 3 is 2.08 bits per heavy atom. The predicted octanol–water partition coefficient (Wildman–Crippen LogP) is 1.94. The maximum atomic E-state index is 9.66. The minimum Gasteiger partial charge on any atom is -0.391 e. The highest BCUT2D eigenvalue weighted by Gasteiger charge is 2.27. The van der Waals surface area contributed by atoms with E-state index in [1.165, 1.54) is 19.3 Å². The van der Waals surface area contributed by atoms with E-state index in [2.05, 4.69) is 6.92 Å². The first kappa shape index (κ1) is 11.0. The summed E-state index contributed by atoms with van der Waals surface area (Å²) in [6.07, 6.45) is 4.82. The Hall–Kier alpha value is -0.0800. The monoisotopic (exact) mass is 186 g/mol. The molecule has 1 fully saturated rings. The van der Waals surface area contributed by atoms with E-state index in [1.807, 2.05) is 0 Å². The molecule has 1 aliphatic rings. The van der Waals surface area contributed by atoms with Crippen molar-refractivity contribution in [3.05, 3.63) is 0 Å². The van der Waals surface area contributed by atoms with Crippen molar-refractivity contribution in [2.45, 2.75) is 58.2 Å². The van der Waals surface area contributed by atoms with Crippen LogP contribution in [0.4, 0.5) is 0 Å². The van der Waals surface area contributed by atoms with Gasteiger partial charge in [-0.2, -0.15) is 0 Å². The van der Waals surface area contributed by atoms with Gasteiger partial charge in [-0.25, -0.2) is 0 Å². The average Bonchev–Trinajstić information content (AvgIpc) is 2.17. The maximum absolute atomic E-state index is 9.66. The second-order valence-electron chi connectivity index (χ2n) is 4.42. The first-order valence-electron chi connectivity index (χ1n) is 5.51. The molecule has 1 rings (SSSR count). The van der Waals surface area contributed by atoms with Gasteiger partial charge in [0, 0.05) is 0 Å². The van der Waals surface area contributed by atoms with Gasteiger partial charge >= 0.3 is 0 Å². The zero-order chi connectivity index (χ0) is 9.84. The van der Waals surface area contributed by atoms with Crippen LogP contribution >= 0.6 is 0 Å². The maximum Gasteiger partial charge on any atom is 0.0824 e. The third kappa shape index (κ3) is 2.96. The Bertz CT molecular complexity index is 137. The molecule has 0 aromatic rings. The molecule has 0 spiro atoms. The second-order valence-corrected chi connectivity index (χ2v) is 4.42. The van der Waals surface area contributed by atoms with Crippen LogP contribution in [-0.4, -0.2) is 22.4 Å². The fraction of sp³-hybridized carbons (Fsp3) is 1.00. The van der Waals surface area contributed by atoms with E-state index in [-0.39, 0.29) is 0 Å². The Labute approximate surface area is 81.0 Å². The molecule has 2 heteroatoms. The second kappa shape index (κ2) is 4.97. The summed E-state index contributed by atoms with van der Waals surface area (Å²) in [7, 11) is 0. The molecule has 2 N–H and O–H groups in total. The number of rotatable bonds is 3. The van der Waals surface area contributed by atoms with Crippen LogP contribution in [0.1, 0.15) is 46.0 Å². The highest BCUT2D eigenvalue weighted by atomic mass is 16.3. The van der Waals surface area contributed by atoms with Crippen LogP contribution in [0, 0.1) is 11.8 Å². The van der Waals surface area contributed by atoms with Crippen molar-refractivity contribution in [3.63, 3.8) is 0 Å². The Morgan fingerprint density at radius 2 is 1.69 bits per heavy atom. The van der Waals surface area contributed by atoms with E-state index in [0.29, 0.717) is 5.92 Å². The van der Waals surface area contributed by atoms with Crippen LogP contribution in [0.15, 0.2) is 0 Å². The molecule has 2 unspecified atom stereocenters. The van der Waals surface area contributed by atoms with Gasteiger partial charge in [0.1, 0.15) is 0 Å². The van der Waals surface area contributed by atoms with Crippen molar-refractivity contribution >= 4 is 0 Å². The van der Waals surface area contributed by atoms with E-state index < -0.39 is 12.2 Å². The molecule has 2 atom stereocenters. The van der Waals surface area contributed by atoms with Crippen LogP contribution in [0.5, 0.6) is 0 Å².